The summed E-state index contributed by atoms with van der Waals surface area (Å²) >= 11 is 0. The maximum Gasteiger partial charge on any atom is 0.273 e. The number of carbonyl (C=O) groups excluding carboxylic acids is 1. The minimum Gasteiger partial charge on any atom is -0.333 e. The van der Waals surface area contributed by atoms with Crippen LogP contribution in [0.4, 0.5) is 4.39 Å². The molecule has 0 saturated carbocycles. The molecule has 3 rings (SSSR count). The Bertz CT molecular complexity index is 760. The predicted molar refractivity (Wildman–Crippen MR) is 96.6 cm³/mol. The average molecular weight is 341 g/mol. The molecule has 0 aliphatic carbocycles. The molecule has 1 amide bonds. The number of aromatic nitrogens is 1. The van der Waals surface area contributed by atoms with Gasteiger partial charge in [0, 0.05) is 30.4 Å². The predicted octanol–water partition coefficient (Wildman–Crippen LogP) is 3.40. The summed E-state index contributed by atoms with van der Waals surface area (Å²) in [7, 11) is 0. The van der Waals surface area contributed by atoms with Crippen molar-refractivity contribution in [2.75, 3.05) is 13.1 Å². The van der Waals surface area contributed by atoms with Gasteiger partial charge in [0.1, 0.15) is 11.5 Å². The molecule has 4 nitrogen and oxygen atoms in total. The van der Waals surface area contributed by atoms with E-state index in [1.54, 1.807) is 12.1 Å². The molecule has 2 atom stereocenters. The maximum atomic E-state index is 13.3. The number of aryl methyl sites for hydroxylation is 1. The van der Waals surface area contributed by atoms with Crippen molar-refractivity contribution >= 4 is 5.91 Å². The van der Waals surface area contributed by atoms with Crippen molar-refractivity contribution in [3.63, 3.8) is 0 Å². The van der Waals surface area contributed by atoms with Crippen LogP contribution in [0.3, 0.4) is 0 Å². The van der Waals surface area contributed by atoms with E-state index in [0.29, 0.717) is 24.7 Å². The first-order chi connectivity index (χ1) is 12.0. The van der Waals surface area contributed by atoms with Gasteiger partial charge >= 0.3 is 0 Å². The van der Waals surface area contributed by atoms with Gasteiger partial charge in [0.25, 0.3) is 5.91 Å². The lowest BCUT2D eigenvalue weighted by atomic mass is 9.90. The summed E-state index contributed by atoms with van der Waals surface area (Å²) in [4.78, 5) is 19.6. The third-order valence-electron chi connectivity index (χ3n) is 5.01. The van der Waals surface area contributed by atoms with Crippen LogP contribution < -0.4 is 5.73 Å². The van der Waals surface area contributed by atoms with Gasteiger partial charge in [0.05, 0.1) is 0 Å². The number of carbonyl (C=O) groups is 1. The number of hydrogen-bond donors (Lipinski definition) is 1. The number of piperidine rings is 1. The Morgan fingerprint density at radius 3 is 2.68 bits per heavy atom. The van der Waals surface area contributed by atoms with Crippen LogP contribution >= 0.6 is 0 Å². The first-order valence-electron chi connectivity index (χ1n) is 8.76. The average Bonchev–Trinajstić information content (AvgIpc) is 2.61. The van der Waals surface area contributed by atoms with Crippen LogP contribution in [-0.4, -0.2) is 34.9 Å². The summed E-state index contributed by atoms with van der Waals surface area (Å²) in [6.45, 7) is 5.15. The van der Waals surface area contributed by atoms with E-state index < -0.39 is 0 Å². The second kappa shape index (κ2) is 7.31. The van der Waals surface area contributed by atoms with Crippen LogP contribution in [0.5, 0.6) is 0 Å². The molecule has 1 aliphatic rings. The summed E-state index contributed by atoms with van der Waals surface area (Å²) < 4.78 is 13.3. The molecule has 0 bridgehead atoms. The molecule has 0 spiro atoms. The lowest BCUT2D eigenvalue weighted by Crippen LogP contribution is -2.51. The highest BCUT2D eigenvalue weighted by Crippen LogP contribution is 2.28. The van der Waals surface area contributed by atoms with Gasteiger partial charge in [-0.25, -0.2) is 9.37 Å². The van der Waals surface area contributed by atoms with E-state index in [0.717, 1.165) is 29.7 Å². The number of rotatable bonds is 3. The van der Waals surface area contributed by atoms with E-state index in [9.17, 15) is 9.18 Å². The van der Waals surface area contributed by atoms with Gasteiger partial charge in [-0.2, -0.15) is 0 Å². The van der Waals surface area contributed by atoms with E-state index >= 15 is 0 Å². The number of nitrogens with two attached hydrogens (primary N) is 1. The molecular formula is C20H24FN3O. The largest absolute Gasteiger partial charge is 0.333 e. The van der Waals surface area contributed by atoms with Crippen LogP contribution in [0.1, 0.15) is 35.9 Å². The fraction of sp³-hybridized carbons (Fsp3) is 0.400. The molecule has 1 saturated heterocycles. The SMILES string of the molecule is Cc1ccc(-c2ccc(F)cc2)c(C(=O)N2CCCC(C)C2CN)n1. The number of pyridine rings is 1. The van der Waals surface area contributed by atoms with Gasteiger partial charge in [0.2, 0.25) is 0 Å². The lowest BCUT2D eigenvalue weighted by Gasteiger charge is -2.39. The van der Waals surface area contributed by atoms with Crippen molar-refractivity contribution in [3.05, 3.63) is 53.6 Å². The van der Waals surface area contributed by atoms with Crippen LogP contribution in [0, 0.1) is 18.7 Å². The van der Waals surface area contributed by atoms with Gasteiger partial charge in [0.15, 0.2) is 0 Å². The fourth-order valence-corrected chi connectivity index (χ4v) is 3.58. The van der Waals surface area contributed by atoms with Gasteiger partial charge in [-0.3, -0.25) is 4.79 Å². The summed E-state index contributed by atoms with van der Waals surface area (Å²) in [5.74, 6) is -0.0171. The zero-order valence-electron chi connectivity index (χ0n) is 14.7. The van der Waals surface area contributed by atoms with Crippen LogP contribution in [0.15, 0.2) is 36.4 Å². The van der Waals surface area contributed by atoms with E-state index in [-0.39, 0.29) is 17.8 Å². The van der Waals surface area contributed by atoms with Gasteiger partial charge in [-0.05, 0) is 49.4 Å². The third-order valence-corrected chi connectivity index (χ3v) is 5.01. The van der Waals surface area contributed by atoms with Gasteiger partial charge in [-0.15, -0.1) is 0 Å². The molecule has 25 heavy (non-hydrogen) atoms. The standard InChI is InChI=1S/C20H24FN3O/c1-13-4-3-11-24(18(13)12-22)20(25)19-17(10-5-14(2)23-19)15-6-8-16(21)9-7-15/h5-10,13,18H,3-4,11-12,22H2,1-2H3. The first kappa shape index (κ1) is 17.5. The Morgan fingerprint density at radius 1 is 1.28 bits per heavy atom. The molecule has 5 heteroatoms. The van der Waals surface area contributed by atoms with Crippen LogP contribution in [-0.2, 0) is 0 Å². The number of likely N-dealkylation sites (tertiary alicyclic amines) is 1. The van der Waals surface area contributed by atoms with Crippen LogP contribution in [0.2, 0.25) is 0 Å². The van der Waals surface area contributed by atoms with Crippen molar-refractivity contribution in [2.45, 2.75) is 32.7 Å². The molecule has 0 radical (unpaired) electrons. The Kier molecular flexibility index (Phi) is 5.13. The summed E-state index contributed by atoms with van der Waals surface area (Å²) in [6.07, 6.45) is 2.05. The summed E-state index contributed by atoms with van der Waals surface area (Å²) in [5, 5.41) is 0. The topological polar surface area (TPSA) is 59.2 Å². The van der Waals surface area contributed by atoms with E-state index in [4.69, 9.17) is 5.73 Å². The number of hydrogen-bond acceptors (Lipinski definition) is 3. The highest BCUT2D eigenvalue weighted by molar-refractivity contribution is 5.99. The number of nitrogens with zero attached hydrogens (tertiary/aromatic N) is 2. The van der Waals surface area contributed by atoms with Crippen molar-refractivity contribution in [1.29, 1.82) is 0 Å². The number of halogens is 1. The third kappa shape index (κ3) is 3.56. The Morgan fingerprint density at radius 2 is 2.00 bits per heavy atom. The second-order valence-corrected chi connectivity index (χ2v) is 6.78. The minimum absolute atomic E-state index is 0.0321. The molecule has 1 aromatic carbocycles. The normalized spacial score (nSPS) is 20.6. The molecule has 1 fully saturated rings. The molecular weight excluding hydrogens is 317 g/mol. The molecule has 132 valence electrons. The number of amides is 1. The molecule has 2 unspecified atom stereocenters. The highest BCUT2D eigenvalue weighted by Gasteiger charge is 2.33. The molecule has 2 aromatic rings. The smallest absolute Gasteiger partial charge is 0.273 e. The zero-order chi connectivity index (χ0) is 18.0. The van der Waals surface area contributed by atoms with E-state index in [1.807, 2.05) is 24.0 Å². The Hall–Kier alpha value is -2.27. The van der Waals surface area contributed by atoms with Crippen LogP contribution in [0.25, 0.3) is 11.1 Å². The van der Waals surface area contributed by atoms with Gasteiger partial charge < -0.3 is 10.6 Å². The summed E-state index contributed by atoms with van der Waals surface area (Å²) in [5.41, 5.74) is 8.65. The summed E-state index contributed by atoms with van der Waals surface area (Å²) in [6, 6.07) is 9.94. The fourth-order valence-electron chi connectivity index (χ4n) is 3.58. The monoisotopic (exact) mass is 341 g/mol. The van der Waals surface area contributed by atoms with E-state index in [1.165, 1.54) is 12.1 Å². The minimum atomic E-state index is -0.301. The molecule has 1 aromatic heterocycles. The van der Waals surface area contributed by atoms with E-state index in [2.05, 4.69) is 11.9 Å². The van der Waals surface area contributed by atoms with Crippen molar-refractivity contribution in [3.8, 4) is 11.1 Å². The maximum absolute atomic E-state index is 13.3. The Balaban J connectivity index is 2.02. The molecule has 2 heterocycles. The van der Waals surface area contributed by atoms with Crippen molar-refractivity contribution in [2.24, 2.45) is 11.7 Å². The molecule has 2 N–H and O–H groups in total. The van der Waals surface area contributed by atoms with Crippen molar-refractivity contribution < 1.29 is 9.18 Å². The lowest BCUT2D eigenvalue weighted by molar-refractivity contribution is 0.0527. The Labute approximate surface area is 147 Å². The zero-order valence-corrected chi connectivity index (χ0v) is 14.7. The molecule has 1 aliphatic heterocycles. The van der Waals surface area contributed by atoms with Gasteiger partial charge in [-0.1, -0.05) is 25.1 Å². The second-order valence-electron chi connectivity index (χ2n) is 6.78. The first-order valence-corrected chi connectivity index (χ1v) is 8.76. The number of benzene rings is 1. The van der Waals surface area contributed by atoms with Crippen molar-refractivity contribution in [1.82, 2.24) is 9.88 Å². The highest BCUT2D eigenvalue weighted by atomic mass is 19.1. The quantitative estimate of drug-likeness (QED) is 0.931.